The molecule has 0 radical (unpaired) electrons. The second kappa shape index (κ2) is 6.78. The fourth-order valence-corrected chi connectivity index (χ4v) is 1.28. The average Bonchev–Trinajstić information content (AvgIpc) is 2.23. The Labute approximate surface area is 102 Å². The number of benzene rings is 1. The second-order valence-corrected chi connectivity index (χ2v) is 4.05. The van der Waals surface area contributed by atoms with E-state index in [1.54, 1.807) is 0 Å². The standard InChI is InChI=1S/C13H19NO3/c1-10(2)17-13(15)14-7-8-16-12-6-4-5-11(3)9-12/h4-6,9-10H,7-8H2,1-3H3,(H,14,15). The molecule has 1 aromatic rings. The van der Waals surface area contributed by atoms with E-state index in [2.05, 4.69) is 5.32 Å². The molecule has 1 amide bonds. The van der Waals surface area contributed by atoms with Crippen molar-refractivity contribution in [2.45, 2.75) is 26.9 Å². The Hall–Kier alpha value is -1.71. The van der Waals surface area contributed by atoms with Crippen molar-refractivity contribution < 1.29 is 14.3 Å². The third kappa shape index (κ3) is 5.80. The van der Waals surface area contributed by atoms with Crippen LogP contribution in [0.1, 0.15) is 19.4 Å². The van der Waals surface area contributed by atoms with E-state index in [1.165, 1.54) is 0 Å². The van der Waals surface area contributed by atoms with Crippen LogP contribution in [0.15, 0.2) is 24.3 Å². The highest BCUT2D eigenvalue weighted by Gasteiger charge is 2.03. The number of amides is 1. The number of nitrogens with one attached hydrogen (secondary N) is 1. The van der Waals surface area contributed by atoms with Crippen molar-refractivity contribution in [1.29, 1.82) is 0 Å². The normalized spacial score (nSPS) is 10.1. The topological polar surface area (TPSA) is 47.6 Å². The van der Waals surface area contributed by atoms with Crippen molar-refractivity contribution in [3.63, 3.8) is 0 Å². The molecule has 17 heavy (non-hydrogen) atoms. The van der Waals surface area contributed by atoms with E-state index in [9.17, 15) is 4.79 Å². The fraction of sp³-hybridized carbons (Fsp3) is 0.462. The van der Waals surface area contributed by atoms with Crippen molar-refractivity contribution in [2.75, 3.05) is 13.2 Å². The maximum Gasteiger partial charge on any atom is 0.407 e. The minimum absolute atomic E-state index is 0.104. The Bertz CT molecular complexity index is 363. The molecule has 0 unspecified atom stereocenters. The summed E-state index contributed by atoms with van der Waals surface area (Å²) in [6, 6.07) is 7.78. The van der Waals surface area contributed by atoms with E-state index in [0.29, 0.717) is 13.2 Å². The third-order valence-electron chi connectivity index (χ3n) is 1.97. The molecule has 0 heterocycles. The lowest BCUT2D eigenvalue weighted by Crippen LogP contribution is -2.30. The molecule has 4 heteroatoms. The Morgan fingerprint density at radius 2 is 2.18 bits per heavy atom. The Morgan fingerprint density at radius 1 is 1.41 bits per heavy atom. The zero-order chi connectivity index (χ0) is 12.7. The predicted molar refractivity (Wildman–Crippen MR) is 66.3 cm³/mol. The van der Waals surface area contributed by atoms with Gasteiger partial charge in [0.15, 0.2) is 0 Å². The third-order valence-corrected chi connectivity index (χ3v) is 1.97. The first-order valence-corrected chi connectivity index (χ1v) is 5.72. The van der Waals surface area contributed by atoms with E-state index < -0.39 is 6.09 Å². The van der Waals surface area contributed by atoms with E-state index in [1.807, 2.05) is 45.0 Å². The number of aryl methyl sites for hydroxylation is 1. The van der Waals surface area contributed by atoms with Crippen LogP contribution in [0.4, 0.5) is 4.79 Å². The average molecular weight is 237 g/mol. The number of carbonyl (C=O) groups excluding carboxylic acids is 1. The van der Waals surface area contributed by atoms with Gasteiger partial charge in [-0.05, 0) is 38.5 Å². The molecule has 1 N–H and O–H groups in total. The van der Waals surface area contributed by atoms with Crippen molar-refractivity contribution in [3.8, 4) is 5.75 Å². The SMILES string of the molecule is Cc1cccc(OCCNC(=O)OC(C)C)c1. The molecular formula is C13H19NO3. The first-order valence-electron chi connectivity index (χ1n) is 5.72. The molecule has 0 atom stereocenters. The van der Waals surface area contributed by atoms with Crippen LogP contribution in [0.3, 0.4) is 0 Å². The molecule has 0 aliphatic rings. The molecule has 1 rings (SSSR count). The van der Waals surface area contributed by atoms with Crippen molar-refractivity contribution in [2.24, 2.45) is 0 Å². The summed E-state index contributed by atoms with van der Waals surface area (Å²) >= 11 is 0. The minimum Gasteiger partial charge on any atom is -0.492 e. The van der Waals surface area contributed by atoms with Gasteiger partial charge in [-0.2, -0.15) is 0 Å². The monoisotopic (exact) mass is 237 g/mol. The van der Waals surface area contributed by atoms with Gasteiger partial charge in [-0.15, -0.1) is 0 Å². The maximum absolute atomic E-state index is 11.1. The molecule has 4 nitrogen and oxygen atoms in total. The molecule has 0 aliphatic carbocycles. The number of hydrogen-bond acceptors (Lipinski definition) is 3. The molecule has 0 spiro atoms. The van der Waals surface area contributed by atoms with Crippen molar-refractivity contribution in [1.82, 2.24) is 5.32 Å². The highest BCUT2D eigenvalue weighted by Crippen LogP contribution is 2.11. The van der Waals surface area contributed by atoms with Crippen molar-refractivity contribution in [3.05, 3.63) is 29.8 Å². The molecule has 0 aliphatic heterocycles. The summed E-state index contributed by atoms with van der Waals surface area (Å²) in [5.41, 5.74) is 1.15. The molecular weight excluding hydrogens is 218 g/mol. The lowest BCUT2D eigenvalue weighted by molar-refractivity contribution is 0.114. The largest absolute Gasteiger partial charge is 0.492 e. The zero-order valence-electron chi connectivity index (χ0n) is 10.5. The minimum atomic E-state index is -0.409. The van der Waals surface area contributed by atoms with Crippen LogP contribution in [0.5, 0.6) is 5.75 Å². The van der Waals surface area contributed by atoms with Crippen LogP contribution in [0.2, 0.25) is 0 Å². The van der Waals surface area contributed by atoms with Crippen LogP contribution in [0.25, 0.3) is 0 Å². The Balaban J connectivity index is 2.18. The van der Waals surface area contributed by atoms with Gasteiger partial charge in [-0.25, -0.2) is 4.79 Å². The summed E-state index contributed by atoms with van der Waals surface area (Å²) in [6.07, 6.45) is -0.513. The smallest absolute Gasteiger partial charge is 0.407 e. The number of carbonyl (C=O) groups is 1. The summed E-state index contributed by atoms with van der Waals surface area (Å²) in [5.74, 6) is 0.809. The molecule has 0 aromatic heterocycles. The zero-order valence-corrected chi connectivity index (χ0v) is 10.5. The first kappa shape index (κ1) is 13.4. The number of rotatable bonds is 5. The number of hydrogen-bond donors (Lipinski definition) is 1. The molecule has 94 valence electrons. The van der Waals surface area contributed by atoms with Gasteiger partial charge in [0.25, 0.3) is 0 Å². The maximum atomic E-state index is 11.1. The van der Waals surface area contributed by atoms with Crippen molar-refractivity contribution >= 4 is 6.09 Å². The number of ether oxygens (including phenoxy) is 2. The van der Waals surface area contributed by atoms with Gasteiger partial charge in [0.05, 0.1) is 12.6 Å². The van der Waals surface area contributed by atoms with Gasteiger partial charge in [-0.3, -0.25) is 0 Å². The van der Waals surface area contributed by atoms with E-state index >= 15 is 0 Å². The molecule has 0 fully saturated rings. The molecule has 1 aromatic carbocycles. The quantitative estimate of drug-likeness (QED) is 0.800. The van der Waals surface area contributed by atoms with Gasteiger partial charge in [0, 0.05) is 0 Å². The van der Waals surface area contributed by atoms with Gasteiger partial charge < -0.3 is 14.8 Å². The van der Waals surface area contributed by atoms with E-state index in [-0.39, 0.29) is 6.10 Å². The highest BCUT2D eigenvalue weighted by molar-refractivity contribution is 5.67. The summed E-state index contributed by atoms with van der Waals surface area (Å²) in [7, 11) is 0. The van der Waals surface area contributed by atoms with Crippen LogP contribution in [0, 0.1) is 6.92 Å². The first-order chi connectivity index (χ1) is 8.08. The summed E-state index contributed by atoms with van der Waals surface area (Å²) in [4.78, 5) is 11.1. The van der Waals surface area contributed by atoms with Crippen LogP contribution < -0.4 is 10.1 Å². The lowest BCUT2D eigenvalue weighted by Gasteiger charge is -2.10. The highest BCUT2D eigenvalue weighted by atomic mass is 16.6. The van der Waals surface area contributed by atoms with Gasteiger partial charge in [0.2, 0.25) is 0 Å². The number of alkyl carbamates (subject to hydrolysis) is 1. The Morgan fingerprint density at radius 3 is 2.82 bits per heavy atom. The lowest BCUT2D eigenvalue weighted by atomic mass is 10.2. The van der Waals surface area contributed by atoms with E-state index in [0.717, 1.165) is 11.3 Å². The van der Waals surface area contributed by atoms with Gasteiger partial charge in [0.1, 0.15) is 12.4 Å². The fourth-order valence-electron chi connectivity index (χ4n) is 1.28. The van der Waals surface area contributed by atoms with E-state index in [4.69, 9.17) is 9.47 Å². The van der Waals surface area contributed by atoms with Gasteiger partial charge >= 0.3 is 6.09 Å². The Kier molecular flexibility index (Phi) is 5.33. The summed E-state index contributed by atoms with van der Waals surface area (Å²) < 4.78 is 10.4. The van der Waals surface area contributed by atoms with Crippen LogP contribution in [-0.4, -0.2) is 25.3 Å². The van der Waals surface area contributed by atoms with Crippen LogP contribution >= 0.6 is 0 Å². The summed E-state index contributed by atoms with van der Waals surface area (Å²) in [6.45, 7) is 6.48. The second-order valence-electron chi connectivity index (χ2n) is 4.05. The summed E-state index contributed by atoms with van der Waals surface area (Å²) in [5, 5.41) is 2.61. The molecule has 0 saturated heterocycles. The molecule has 0 saturated carbocycles. The van der Waals surface area contributed by atoms with Gasteiger partial charge in [-0.1, -0.05) is 12.1 Å². The van der Waals surface area contributed by atoms with Crippen LogP contribution in [-0.2, 0) is 4.74 Å². The molecule has 0 bridgehead atoms. The predicted octanol–water partition coefficient (Wildman–Crippen LogP) is 2.51.